The topological polar surface area (TPSA) is 73.2 Å². The number of allylic oxidation sites excluding steroid dienone is 1. The average molecular weight is 564 g/mol. The van der Waals surface area contributed by atoms with Crippen LogP contribution in [0.25, 0.3) is 0 Å². The predicted octanol–water partition coefficient (Wildman–Crippen LogP) is 7.66. The van der Waals surface area contributed by atoms with Crippen molar-refractivity contribution in [2.75, 3.05) is 18.6 Å². The lowest BCUT2D eigenvalue weighted by Crippen LogP contribution is -2.40. The van der Waals surface area contributed by atoms with Crippen LogP contribution in [0.1, 0.15) is 65.0 Å². The SMILES string of the molecule is C#CC(=C)O.C=C(C)CO.CC.CCC(CCCC(O)c1ccc(F)cc1)N(C(=S)OC)c1ccc(F)cc1. The number of rotatable bonds is 9. The van der Waals surface area contributed by atoms with E-state index in [0.717, 1.165) is 30.5 Å². The number of ether oxygens (including phenoxy) is 1. The van der Waals surface area contributed by atoms with E-state index in [9.17, 15) is 13.9 Å². The van der Waals surface area contributed by atoms with Gasteiger partial charge >= 0.3 is 0 Å². The van der Waals surface area contributed by atoms with Gasteiger partial charge in [0.15, 0.2) is 5.76 Å². The average Bonchev–Trinajstić information content (AvgIpc) is 2.95. The van der Waals surface area contributed by atoms with Gasteiger partial charge in [0.2, 0.25) is 0 Å². The summed E-state index contributed by atoms with van der Waals surface area (Å²) in [5.41, 5.74) is 2.28. The Labute approximate surface area is 238 Å². The number of nitrogens with zero attached hydrogens (tertiary/aromatic N) is 1. The second-order valence-electron chi connectivity index (χ2n) is 8.08. The Morgan fingerprint density at radius 2 is 1.49 bits per heavy atom. The van der Waals surface area contributed by atoms with Crippen LogP contribution in [-0.4, -0.2) is 40.3 Å². The van der Waals surface area contributed by atoms with Gasteiger partial charge in [-0.2, -0.15) is 0 Å². The first-order valence-electron chi connectivity index (χ1n) is 12.7. The van der Waals surface area contributed by atoms with Gasteiger partial charge in [-0.25, -0.2) is 8.78 Å². The molecule has 0 aromatic heterocycles. The minimum atomic E-state index is -0.642. The van der Waals surface area contributed by atoms with E-state index in [0.29, 0.717) is 17.2 Å². The first kappa shape index (κ1) is 37.9. The Hall–Kier alpha value is -3.25. The second-order valence-corrected chi connectivity index (χ2v) is 8.43. The maximum absolute atomic E-state index is 13.3. The largest absolute Gasteiger partial charge is 0.501 e. The zero-order chi connectivity index (χ0) is 30.4. The Balaban J connectivity index is 0. The van der Waals surface area contributed by atoms with Crippen LogP contribution in [0.3, 0.4) is 0 Å². The number of halogens is 2. The molecule has 0 heterocycles. The minimum Gasteiger partial charge on any atom is -0.501 e. The van der Waals surface area contributed by atoms with Crippen molar-refractivity contribution in [2.24, 2.45) is 0 Å². The fourth-order valence-electron chi connectivity index (χ4n) is 3.08. The quantitative estimate of drug-likeness (QED) is 0.126. The highest BCUT2D eigenvalue weighted by molar-refractivity contribution is 7.80. The maximum atomic E-state index is 13.3. The van der Waals surface area contributed by atoms with E-state index in [2.05, 4.69) is 26.5 Å². The van der Waals surface area contributed by atoms with Crippen molar-refractivity contribution in [2.45, 2.75) is 65.5 Å². The summed E-state index contributed by atoms with van der Waals surface area (Å²) in [5.74, 6) is 1.04. The molecule has 8 heteroatoms. The lowest BCUT2D eigenvalue weighted by Gasteiger charge is -2.32. The van der Waals surface area contributed by atoms with E-state index in [1.165, 1.54) is 31.4 Å². The number of methoxy groups -OCH3 is 1. The Morgan fingerprint density at radius 3 is 1.85 bits per heavy atom. The van der Waals surface area contributed by atoms with Crippen molar-refractivity contribution < 1.29 is 28.8 Å². The van der Waals surface area contributed by atoms with Crippen LogP contribution in [-0.2, 0) is 4.74 Å². The van der Waals surface area contributed by atoms with Crippen molar-refractivity contribution in [3.05, 3.63) is 90.2 Å². The number of thiocarbonyl (C=S) groups is 1. The van der Waals surface area contributed by atoms with Crippen molar-refractivity contribution >= 4 is 23.1 Å². The molecule has 2 aromatic rings. The Morgan fingerprint density at radius 1 is 1.05 bits per heavy atom. The molecule has 0 aliphatic heterocycles. The van der Waals surface area contributed by atoms with Gasteiger partial charge in [-0.15, -0.1) is 6.42 Å². The van der Waals surface area contributed by atoms with Crippen LogP contribution in [0.2, 0.25) is 0 Å². The number of hydrogen-bond acceptors (Lipinski definition) is 5. The normalized spacial score (nSPS) is 10.9. The number of terminal acetylenes is 1. The monoisotopic (exact) mass is 563 g/mol. The van der Waals surface area contributed by atoms with Crippen molar-refractivity contribution in [1.29, 1.82) is 0 Å². The van der Waals surface area contributed by atoms with Gasteiger partial charge in [-0.05, 0) is 99.3 Å². The van der Waals surface area contributed by atoms with E-state index in [1.807, 2.05) is 24.7 Å². The molecule has 0 aliphatic carbocycles. The molecular weight excluding hydrogens is 520 g/mol. The van der Waals surface area contributed by atoms with Crippen LogP contribution in [0.4, 0.5) is 14.5 Å². The van der Waals surface area contributed by atoms with Crippen LogP contribution in [0.5, 0.6) is 0 Å². The highest BCUT2D eigenvalue weighted by Gasteiger charge is 2.22. The highest BCUT2D eigenvalue weighted by atomic mass is 32.1. The van der Waals surface area contributed by atoms with Gasteiger partial charge in [0.1, 0.15) is 11.6 Å². The van der Waals surface area contributed by atoms with E-state index >= 15 is 0 Å². The standard InChI is InChI=1S/C21H25F2NO2S.C4H8O.C4H4O.C2H6/c1-3-18(5-4-6-20(25)15-7-9-16(22)10-8-15)24(21(27)26-2)19-13-11-17(23)12-14-19;1-4(2)3-5;1-3-4(2)5;1-2/h7-14,18,20,25H,3-6H2,1-2H3;5H,1,3H2,2H3;1,5H,2H2;1-2H3. The van der Waals surface area contributed by atoms with Gasteiger partial charge in [0.25, 0.3) is 5.17 Å². The first-order chi connectivity index (χ1) is 18.5. The first-order valence-corrected chi connectivity index (χ1v) is 13.1. The van der Waals surface area contributed by atoms with E-state index < -0.39 is 6.10 Å². The molecule has 0 fully saturated rings. The van der Waals surface area contributed by atoms with E-state index in [-0.39, 0.29) is 30.0 Å². The summed E-state index contributed by atoms with van der Waals surface area (Å²) < 4.78 is 31.5. The Bertz CT molecular complexity index is 1000. The molecule has 2 unspecified atom stereocenters. The molecule has 0 bridgehead atoms. The third kappa shape index (κ3) is 17.1. The fourth-order valence-corrected chi connectivity index (χ4v) is 3.33. The van der Waals surface area contributed by atoms with Crippen LogP contribution in [0.15, 0.2) is 73.0 Å². The molecule has 39 heavy (non-hydrogen) atoms. The van der Waals surface area contributed by atoms with Gasteiger partial charge in [0, 0.05) is 11.7 Å². The third-order valence-corrected chi connectivity index (χ3v) is 5.38. The molecular formula is C31H43F2NO4S. The summed E-state index contributed by atoms with van der Waals surface area (Å²) in [6, 6.07) is 12.1. The smallest absolute Gasteiger partial charge is 0.263 e. The number of aliphatic hydroxyl groups is 3. The fraction of sp³-hybridized carbons (Fsp3) is 0.387. The molecule has 5 nitrogen and oxygen atoms in total. The maximum Gasteiger partial charge on any atom is 0.263 e. The summed E-state index contributed by atoms with van der Waals surface area (Å²) in [5, 5.41) is 26.6. The zero-order valence-electron chi connectivity index (χ0n) is 23.7. The van der Waals surface area contributed by atoms with Crippen LogP contribution >= 0.6 is 12.2 Å². The van der Waals surface area contributed by atoms with Crippen molar-refractivity contribution in [1.82, 2.24) is 0 Å². The predicted molar refractivity (Wildman–Crippen MR) is 162 cm³/mol. The molecule has 0 saturated carbocycles. The molecule has 0 amide bonds. The zero-order valence-corrected chi connectivity index (χ0v) is 24.5. The van der Waals surface area contributed by atoms with Gasteiger partial charge in [0.05, 0.1) is 19.8 Å². The molecule has 0 spiro atoms. The summed E-state index contributed by atoms with van der Waals surface area (Å²) in [6.45, 7) is 14.4. The Kier molecular flexibility index (Phi) is 22.1. The molecule has 0 aliphatic rings. The molecule has 216 valence electrons. The molecule has 0 saturated heterocycles. The highest BCUT2D eigenvalue weighted by Crippen LogP contribution is 2.26. The molecule has 2 aromatic carbocycles. The lowest BCUT2D eigenvalue weighted by molar-refractivity contribution is 0.162. The lowest BCUT2D eigenvalue weighted by atomic mass is 9.99. The van der Waals surface area contributed by atoms with Crippen molar-refractivity contribution in [3.63, 3.8) is 0 Å². The van der Waals surface area contributed by atoms with Gasteiger partial charge in [-0.3, -0.25) is 0 Å². The molecule has 3 N–H and O–H groups in total. The van der Waals surface area contributed by atoms with E-state index in [4.69, 9.17) is 27.2 Å². The molecule has 2 atom stereocenters. The summed E-state index contributed by atoms with van der Waals surface area (Å²) in [7, 11) is 1.52. The number of aliphatic hydroxyl groups excluding tert-OH is 3. The van der Waals surface area contributed by atoms with Crippen LogP contribution in [0, 0.1) is 24.0 Å². The van der Waals surface area contributed by atoms with Gasteiger partial charge in [-0.1, -0.05) is 45.1 Å². The third-order valence-electron chi connectivity index (χ3n) is 5.02. The number of benzene rings is 2. The number of anilines is 1. The van der Waals surface area contributed by atoms with E-state index in [1.54, 1.807) is 31.2 Å². The summed E-state index contributed by atoms with van der Waals surface area (Å²) in [4.78, 5) is 1.89. The molecule has 2 rings (SSSR count). The number of hydrogen-bond donors (Lipinski definition) is 3. The van der Waals surface area contributed by atoms with Crippen molar-refractivity contribution in [3.8, 4) is 12.3 Å². The second kappa shape index (κ2) is 22.7. The minimum absolute atomic E-state index is 0.0586. The summed E-state index contributed by atoms with van der Waals surface area (Å²) in [6.07, 6.45) is 6.82. The van der Waals surface area contributed by atoms with Crippen LogP contribution < -0.4 is 4.90 Å². The summed E-state index contributed by atoms with van der Waals surface area (Å²) >= 11 is 5.35. The van der Waals surface area contributed by atoms with Gasteiger partial charge < -0.3 is 25.0 Å². The molecule has 0 radical (unpaired) electrons.